The molecule has 17 heavy (non-hydrogen) atoms. The van der Waals surface area contributed by atoms with Gasteiger partial charge in [-0.1, -0.05) is 12.2 Å². The number of nitrogens with zero attached hydrogens (tertiary/aromatic N) is 1. The number of pyridine rings is 1. The van der Waals surface area contributed by atoms with Crippen molar-refractivity contribution in [2.24, 2.45) is 5.73 Å². The number of aryl methyl sites for hydroxylation is 1. The summed E-state index contributed by atoms with van der Waals surface area (Å²) in [7, 11) is -0.846. The maximum Gasteiger partial charge on any atom is 0.136 e. The third kappa shape index (κ3) is 4.05. The smallest absolute Gasteiger partial charge is 0.136 e. The van der Waals surface area contributed by atoms with E-state index < -0.39 is 10.8 Å². The van der Waals surface area contributed by atoms with E-state index in [9.17, 15) is 4.21 Å². The summed E-state index contributed by atoms with van der Waals surface area (Å²) in [5, 5.41) is 3.19. The molecule has 0 spiro atoms. The van der Waals surface area contributed by atoms with E-state index in [1.54, 1.807) is 12.5 Å². The Kier molecular flexibility index (Phi) is 5.02. The number of rotatable bonds is 5. The summed E-state index contributed by atoms with van der Waals surface area (Å²) in [4.78, 5) is 4.55. The first-order valence-corrected chi connectivity index (χ1v) is 7.37. The fraction of sp³-hybridized carbons (Fsp3) is 0.455. The van der Waals surface area contributed by atoms with Crippen LogP contribution < -0.4 is 11.1 Å². The van der Waals surface area contributed by atoms with Crippen LogP contribution in [-0.4, -0.2) is 32.2 Å². The van der Waals surface area contributed by atoms with Gasteiger partial charge in [0.2, 0.25) is 0 Å². The highest BCUT2D eigenvalue weighted by Gasteiger charge is 2.12. The molecule has 0 fully saturated rings. The van der Waals surface area contributed by atoms with Gasteiger partial charge in [-0.25, -0.2) is 4.98 Å². The van der Waals surface area contributed by atoms with Gasteiger partial charge in [0.25, 0.3) is 0 Å². The number of hydrogen-bond acceptors (Lipinski definition) is 4. The van der Waals surface area contributed by atoms with Crippen molar-refractivity contribution < 1.29 is 4.21 Å². The SMILES string of the molecule is Cc1ccnc(NC(C)CS(C)=O)c1C(N)=S. The van der Waals surface area contributed by atoms with Crippen LogP contribution in [0.1, 0.15) is 18.1 Å². The normalized spacial score (nSPS) is 14.1. The summed E-state index contributed by atoms with van der Waals surface area (Å²) in [6, 6.07) is 1.92. The number of aromatic nitrogens is 1. The first-order chi connectivity index (χ1) is 7.91. The predicted octanol–water partition coefficient (Wildman–Crippen LogP) is 1.20. The zero-order valence-corrected chi connectivity index (χ0v) is 11.8. The van der Waals surface area contributed by atoms with Crippen molar-refractivity contribution in [2.75, 3.05) is 17.3 Å². The molecule has 0 bridgehead atoms. The second-order valence-corrected chi connectivity index (χ2v) is 5.92. The van der Waals surface area contributed by atoms with Gasteiger partial charge < -0.3 is 11.1 Å². The van der Waals surface area contributed by atoms with Gasteiger partial charge in [-0.15, -0.1) is 0 Å². The third-order valence-corrected chi connectivity index (χ3v) is 3.45. The standard InChI is InChI=1S/C11H17N3OS2/c1-7-4-5-13-11(9(7)10(12)16)14-8(2)6-17(3)15/h4-5,8H,6H2,1-3H3,(H2,12,16)(H,13,14). The van der Waals surface area contributed by atoms with Gasteiger partial charge in [-0.2, -0.15) is 0 Å². The Morgan fingerprint density at radius 2 is 2.35 bits per heavy atom. The van der Waals surface area contributed by atoms with Crippen LogP contribution in [-0.2, 0) is 10.8 Å². The second-order valence-electron chi connectivity index (χ2n) is 4.00. The summed E-state index contributed by atoms with van der Waals surface area (Å²) in [5.41, 5.74) is 7.43. The van der Waals surface area contributed by atoms with E-state index >= 15 is 0 Å². The molecule has 3 N–H and O–H groups in total. The molecular formula is C11H17N3OS2. The van der Waals surface area contributed by atoms with Crippen LogP contribution in [0.5, 0.6) is 0 Å². The Morgan fingerprint density at radius 3 is 2.88 bits per heavy atom. The van der Waals surface area contributed by atoms with Gasteiger partial charge in [-0.3, -0.25) is 4.21 Å². The van der Waals surface area contributed by atoms with Crippen LogP contribution in [0, 0.1) is 6.92 Å². The molecule has 0 aliphatic carbocycles. The molecule has 94 valence electrons. The van der Waals surface area contributed by atoms with E-state index in [1.807, 2.05) is 19.9 Å². The Bertz CT molecular complexity index is 448. The lowest BCUT2D eigenvalue weighted by atomic mass is 10.1. The van der Waals surface area contributed by atoms with Crippen molar-refractivity contribution in [2.45, 2.75) is 19.9 Å². The van der Waals surface area contributed by atoms with Crippen molar-refractivity contribution in [1.29, 1.82) is 0 Å². The van der Waals surface area contributed by atoms with Crippen molar-refractivity contribution in [1.82, 2.24) is 4.98 Å². The van der Waals surface area contributed by atoms with Crippen LogP contribution in [0.3, 0.4) is 0 Å². The maximum absolute atomic E-state index is 11.1. The minimum absolute atomic E-state index is 0.0585. The van der Waals surface area contributed by atoms with Crippen molar-refractivity contribution >= 4 is 33.8 Å². The van der Waals surface area contributed by atoms with Gasteiger partial charge in [0.05, 0.1) is 5.56 Å². The molecular weight excluding hydrogens is 254 g/mol. The van der Waals surface area contributed by atoms with E-state index in [-0.39, 0.29) is 6.04 Å². The lowest BCUT2D eigenvalue weighted by Crippen LogP contribution is -2.25. The average molecular weight is 271 g/mol. The highest BCUT2D eigenvalue weighted by atomic mass is 32.2. The topological polar surface area (TPSA) is 68.0 Å². The van der Waals surface area contributed by atoms with Crippen LogP contribution in [0.25, 0.3) is 0 Å². The van der Waals surface area contributed by atoms with Crippen LogP contribution in [0.15, 0.2) is 12.3 Å². The molecule has 6 heteroatoms. The van der Waals surface area contributed by atoms with Crippen LogP contribution in [0.2, 0.25) is 0 Å². The molecule has 2 unspecified atom stereocenters. The summed E-state index contributed by atoms with van der Waals surface area (Å²) in [6.07, 6.45) is 3.38. The molecule has 0 saturated carbocycles. The molecule has 0 aliphatic heterocycles. The first-order valence-electron chi connectivity index (χ1n) is 5.23. The highest BCUT2D eigenvalue weighted by Crippen LogP contribution is 2.17. The molecule has 0 radical (unpaired) electrons. The molecule has 1 aromatic rings. The fourth-order valence-corrected chi connectivity index (χ4v) is 2.65. The van der Waals surface area contributed by atoms with E-state index in [2.05, 4.69) is 10.3 Å². The van der Waals surface area contributed by atoms with E-state index in [0.29, 0.717) is 16.6 Å². The molecule has 4 nitrogen and oxygen atoms in total. The number of nitrogens with two attached hydrogens (primary N) is 1. The van der Waals surface area contributed by atoms with Gasteiger partial charge in [-0.05, 0) is 25.5 Å². The second kappa shape index (κ2) is 6.07. The van der Waals surface area contributed by atoms with E-state index in [4.69, 9.17) is 18.0 Å². The molecule has 1 aromatic heterocycles. The minimum atomic E-state index is -0.846. The monoisotopic (exact) mass is 271 g/mol. The quantitative estimate of drug-likeness (QED) is 0.788. The van der Waals surface area contributed by atoms with Gasteiger partial charge in [0.15, 0.2) is 0 Å². The van der Waals surface area contributed by atoms with Crippen LogP contribution in [0.4, 0.5) is 5.82 Å². The summed E-state index contributed by atoms with van der Waals surface area (Å²) in [5.74, 6) is 1.22. The number of thiocarbonyl (C=S) groups is 1. The average Bonchev–Trinajstić information content (AvgIpc) is 2.15. The zero-order valence-electron chi connectivity index (χ0n) is 10.2. The predicted molar refractivity (Wildman–Crippen MR) is 76.9 cm³/mol. The van der Waals surface area contributed by atoms with Gasteiger partial charge >= 0.3 is 0 Å². The minimum Gasteiger partial charge on any atom is -0.389 e. The lowest BCUT2D eigenvalue weighted by Gasteiger charge is -2.16. The summed E-state index contributed by atoms with van der Waals surface area (Å²) >= 11 is 5.02. The Balaban J connectivity index is 2.94. The van der Waals surface area contributed by atoms with E-state index in [1.165, 1.54) is 0 Å². The number of hydrogen-bond donors (Lipinski definition) is 2. The lowest BCUT2D eigenvalue weighted by molar-refractivity contribution is 0.683. The van der Waals surface area contributed by atoms with Crippen LogP contribution >= 0.6 is 12.2 Å². The molecule has 2 atom stereocenters. The molecule has 0 aromatic carbocycles. The highest BCUT2D eigenvalue weighted by molar-refractivity contribution is 7.84. The van der Waals surface area contributed by atoms with Gasteiger partial charge in [0, 0.05) is 35.0 Å². The van der Waals surface area contributed by atoms with Crippen molar-refractivity contribution in [3.8, 4) is 0 Å². The molecule has 0 aliphatic rings. The molecule has 0 amide bonds. The Morgan fingerprint density at radius 1 is 1.71 bits per heavy atom. The fourth-order valence-electron chi connectivity index (χ4n) is 1.61. The number of nitrogens with one attached hydrogen (secondary N) is 1. The molecule has 0 saturated heterocycles. The van der Waals surface area contributed by atoms with Crippen molar-refractivity contribution in [3.05, 3.63) is 23.4 Å². The molecule has 1 rings (SSSR count). The van der Waals surface area contributed by atoms with E-state index in [0.717, 1.165) is 11.1 Å². The third-order valence-electron chi connectivity index (χ3n) is 2.27. The Labute approximate surface area is 109 Å². The Hall–Kier alpha value is -1.01. The van der Waals surface area contributed by atoms with Crippen molar-refractivity contribution in [3.63, 3.8) is 0 Å². The first kappa shape index (κ1) is 14.1. The maximum atomic E-state index is 11.1. The summed E-state index contributed by atoms with van der Waals surface area (Å²) < 4.78 is 11.1. The number of anilines is 1. The zero-order chi connectivity index (χ0) is 13.0. The summed E-state index contributed by atoms with van der Waals surface area (Å²) in [6.45, 7) is 3.89. The van der Waals surface area contributed by atoms with Gasteiger partial charge in [0.1, 0.15) is 10.8 Å². The molecule has 1 heterocycles. The largest absolute Gasteiger partial charge is 0.389 e.